The van der Waals surface area contributed by atoms with Crippen molar-refractivity contribution in [1.29, 1.82) is 0 Å². The minimum absolute atomic E-state index is 0.374. The van der Waals surface area contributed by atoms with E-state index >= 15 is 0 Å². The van der Waals surface area contributed by atoms with Gasteiger partial charge in [0.2, 0.25) is 5.89 Å². The predicted molar refractivity (Wildman–Crippen MR) is 126 cm³/mol. The number of amides is 1. The lowest BCUT2D eigenvalue weighted by Crippen LogP contribution is -2.21. The van der Waals surface area contributed by atoms with Crippen LogP contribution in [0.15, 0.2) is 88.3 Å². The quantitative estimate of drug-likeness (QED) is 0.288. The highest BCUT2D eigenvalue weighted by Crippen LogP contribution is 2.26. The van der Waals surface area contributed by atoms with E-state index in [1.54, 1.807) is 25.1 Å². The number of aromatic nitrogens is 2. The van der Waals surface area contributed by atoms with Gasteiger partial charge in [-0.05, 0) is 42.3 Å². The third-order valence-corrected chi connectivity index (χ3v) is 5.70. The maximum absolute atomic E-state index is 12.6. The van der Waals surface area contributed by atoms with Crippen LogP contribution in [0, 0.1) is 6.92 Å². The molecule has 0 atom stereocenters. The van der Waals surface area contributed by atoms with Gasteiger partial charge < -0.3 is 14.6 Å². The van der Waals surface area contributed by atoms with E-state index in [9.17, 15) is 9.59 Å². The molecule has 0 fully saturated rings. The molecule has 0 unspecified atom stereocenters. The fraction of sp³-hybridized carbons (Fsp3) is 0.120. The molecule has 0 aliphatic carbocycles. The van der Waals surface area contributed by atoms with Gasteiger partial charge in [0.15, 0.2) is 12.4 Å². The van der Waals surface area contributed by atoms with Crippen molar-refractivity contribution in [3.63, 3.8) is 0 Å². The van der Waals surface area contributed by atoms with E-state index in [4.69, 9.17) is 9.26 Å². The van der Waals surface area contributed by atoms with Crippen LogP contribution in [0.3, 0.4) is 0 Å². The van der Waals surface area contributed by atoms with Crippen LogP contribution in [0.2, 0.25) is 0 Å². The second kappa shape index (κ2) is 10.6. The molecule has 7 nitrogen and oxygen atoms in total. The molecule has 33 heavy (non-hydrogen) atoms. The standard InChI is InChI=1S/C25H21N3O4S/c1-17-26-24(32-28-17)16-33-22-10-6-5-9-21(22)25(30)31-15-23(29)27-20-13-11-19(12-14-20)18-7-3-2-4-8-18/h2-14H,15-16H2,1H3,(H,27,29). The van der Waals surface area contributed by atoms with Crippen LogP contribution >= 0.6 is 11.8 Å². The van der Waals surface area contributed by atoms with E-state index in [1.165, 1.54) is 11.8 Å². The van der Waals surface area contributed by atoms with E-state index < -0.39 is 11.9 Å². The Hall–Kier alpha value is -3.91. The zero-order valence-corrected chi connectivity index (χ0v) is 18.7. The molecule has 0 saturated heterocycles. The van der Waals surface area contributed by atoms with E-state index in [-0.39, 0.29) is 6.61 Å². The summed E-state index contributed by atoms with van der Waals surface area (Å²) in [4.78, 5) is 29.7. The first-order valence-corrected chi connectivity index (χ1v) is 11.2. The summed E-state index contributed by atoms with van der Waals surface area (Å²) in [7, 11) is 0. The van der Waals surface area contributed by atoms with Gasteiger partial charge in [-0.3, -0.25) is 4.79 Å². The number of esters is 1. The molecular formula is C25H21N3O4S. The SMILES string of the molecule is Cc1noc(CSc2ccccc2C(=O)OCC(=O)Nc2ccc(-c3ccccc3)cc2)n1. The highest BCUT2D eigenvalue weighted by atomic mass is 32.2. The average Bonchev–Trinajstić information content (AvgIpc) is 3.27. The van der Waals surface area contributed by atoms with Crippen LogP contribution < -0.4 is 5.32 Å². The fourth-order valence-electron chi connectivity index (χ4n) is 3.08. The van der Waals surface area contributed by atoms with Gasteiger partial charge in [0.05, 0.1) is 11.3 Å². The first kappa shape index (κ1) is 22.3. The van der Waals surface area contributed by atoms with E-state index in [0.29, 0.717) is 33.6 Å². The third kappa shape index (κ3) is 6.08. The molecule has 4 aromatic rings. The van der Waals surface area contributed by atoms with Gasteiger partial charge in [0.25, 0.3) is 5.91 Å². The molecule has 1 N–H and O–H groups in total. The number of hydrogen-bond acceptors (Lipinski definition) is 7. The Kier molecular flexibility index (Phi) is 7.16. The second-order valence-corrected chi connectivity index (χ2v) is 8.11. The largest absolute Gasteiger partial charge is 0.452 e. The van der Waals surface area contributed by atoms with Crippen molar-refractivity contribution in [2.24, 2.45) is 0 Å². The van der Waals surface area contributed by atoms with Gasteiger partial charge in [0.1, 0.15) is 0 Å². The average molecular weight is 460 g/mol. The van der Waals surface area contributed by atoms with Crippen molar-refractivity contribution in [2.45, 2.75) is 17.6 Å². The summed E-state index contributed by atoms with van der Waals surface area (Å²) < 4.78 is 10.3. The molecular weight excluding hydrogens is 438 g/mol. The highest BCUT2D eigenvalue weighted by molar-refractivity contribution is 7.98. The molecule has 0 bridgehead atoms. The lowest BCUT2D eigenvalue weighted by Gasteiger charge is -2.10. The first-order valence-electron chi connectivity index (χ1n) is 10.2. The number of carbonyl (C=O) groups is 2. The Labute approximate surface area is 195 Å². The molecule has 0 saturated carbocycles. The summed E-state index contributed by atoms with van der Waals surface area (Å²) in [6, 6.07) is 24.5. The third-order valence-electron chi connectivity index (χ3n) is 4.64. The highest BCUT2D eigenvalue weighted by Gasteiger charge is 2.16. The fourth-order valence-corrected chi connectivity index (χ4v) is 3.96. The van der Waals surface area contributed by atoms with Crippen molar-refractivity contribution in [1.82, 2.24) is 10.1 Å². The maximum Gasteiger partial charge on any atom is 0.339 e. The van der Waals surface area contributed by atoms with Gasteiger partial charge in [-0.1, -0.05) is 59.8 Å². The molecule has 4 rings (SSSR count). The number of ether oxygens (including phenoxy) is 1. The summed E-state index contributed by atoms with van der Waals surface area (Å²) in [5.74, 6) is 0.457. The smallest absolute Gasteiger partial charge is 0.339 e. The number of aryl methyl sites for hydroxylation is 1. The van der Waals surface area contributed by atoms with Crippen molar-refractivity contribution >= 4 is 29.3 Å². The van der Waals surface area contributed by atoms with Gasteiger partial charge in [-0.2, -0.15) is 4.98 Å². The number of carbonyl (C=O) groups excluding carboxylic acids is 2. The molecule has 3 aromatic carbocycles. The molecule has 1 aromatic heterocycles. The monoisotopic (exact) mass is 459 g/mol. The molecule has 166 valence electrons. The topological polar surface area (TPSA) is 94.3 Å². The van der Waals surface area contributed by atoms with E-state index in [1.807, 2.05) is 60.7 Å². The van der Waals surface area contributed by atoms with Crippen LogP contribution in [-0.2, 0) is 15.3 Å². The molecule has 1 heterocycles. The number of rotatable bonds is 8. The Morgan fingerprint density at radius 3 is 2.36 bits per heavy atom. The Balaban J connectivity index is 1.31. The van der Waals surface area contributed by atoms with Crippen molar-refractivity contribution in [3.8, 4) is 11.1 Å². The van der Waals surface area contributed by atoms with Crippen LogP contribution in [0.25, 0.3) is 11.1 Å². The maximum atomic E-state index is 12.6. The molecule has 0 radical (unpaired) electrons. The van der Waals surface area contributed by atoms with Gasteiger partial charge >= 0.3 is 5.97 Å². The van der Waals surface area contributed by atoms with Crippen LogP contribution in [-0.4, -0.2) is 28.6 Å². The minimum Gasteiger partial charge on any atom is -0.452 e. The Morgan fingerprint density at radius 2 is 1.64 bits per heavy atom. The predicted octanol–water partition coefficient (Wildman–Crippen LogP) is 5.13. The molecule has 0 aliphatic rings. The molecule has 0 aliphatic heterocycles. The Bertz CT molecular complexity index is 1240. The lowest BCUT2D eigenvalue weighted by molar-refractivity contribution is -0.119. The number of thioether (sulfide) groups is 1. The summed E-state index contributed by atoms with van der Waals surface area (Å²) in [5, 5.41) is 6.50. The summed E-state index contributed by atoms with van der Waals surface area (Å²) in [6.07, 6.45) is 0. The summed E-state index contributed by atoms with van der Waals surface area (Å²) in [5.41, 5.74) is 3.14. The van der Waals surface area contributed by atoms with E-state index in [0.717, 1.165) is 11.1 Å². The zero-order chi connectivity index (χ0) is 23.0. The number of hydrogen-bond donors (Lipinski definition) is 1. The summed E-state index contributed by atoms with van der Waals surface area (Å²) in [6.45, 7) is 1.35. The van der Waals surface area contributed by atoms with Gasteiger partial charge in [-0.15, -0.1) is 11.8 Å². The zero-order valence-electron chi connectivity index (χ0n) is 17.9. The van der Waals surface area contributed by atoms with Crippen molar-refractivity contribution in [3.05, 3.63) is 96.1 Å². The van der Waals surface area contributed by atoms with Crippen LogP contribution in [0.4, 0.5) is 5.69 Å². The number of anilines is 1. The van der Waals surface area contributed by atoms with Crippen LogP contribution in [0.1, 0.15) is 22.1 Å². The normalized spacial score (nSPS) is 10.6. The molecule has 8 heteroatoms. The first-order chi connectivity index (χ1) is 16.1. The molecule has 0 spiro atoms. The van der Waals surface area contributed by atoms with Crippen molar-refractivity contribution in [2.75, 3.05) is 11.9 Å². The number of nitrogens with one attached hydrogen (secondary N) is 1. The summed E-state index contributed by atoms with van der Waals surface area (Å²) >= 11 is 1.38. The number of nitrogens with zero attached hydrogens (tertiary/aromatic N) is 2. The van der Waals surface area contributed by atoms with Gasteiger partial charge in [0, 0.05) is 10.6 Å². The van der Waals surface area contributed by atoms with Crippen LogP contribution in [0.5, 0.6) is 0 Å². The van der Waals surface area contributed by atoms with Gasteiger partial charge in [-0.25, -0.2) is 4.79 Å². The number of benzene rings is 3. The van der Waals surface area contributed by atoms with E-state index in [2.05, 4.69) is 15.5 Å². The second-order valence-electron chi connectivity index (χ2n) is 7.09. The Morgan fingerprint density at radius 1 is 0.939 bits per heavy atom. The van der Waals surface area contributed by atoms with Crippen molar-refractivity contribution < 1.29 is 18.8 Å². The lowest BCUT2D eigenvalue weighted by atomic mass is 10.1. The molecule has 1 amide bonds. The minimum atomic E-state index is -0.575.